The summed E-state index contributed by atoms with van der Waals surface area (Å²) in [5.41, 5.74) is 3.25. The second-order valence-electron chi connectivity index (χ2n) is 7.97. The maximum Gasteiger partial charge on any atom is 0.230 e. The Bertz CT molecular complexity index is 960. The number of aryl methyl sites for hydroxylation is 1. The lowest BCUT2D eigenvalue weighted by molar-refractivity contribution is 0.175. The molecule has 4 rings (SSSR count). The van der Waals surface area contributed by atoms with Crippen LogP contribution in [-0.4, -0.2) is 37.2 Å². The van der Waals surface area contributed by atoms with E-state index in [0.29, 0.717) is 17.4 Å². The highest BCUT2D eigenvalue weighted by molar-refractivity contribution is 5.68. The maximum absolute atomic E-state index is 6.01. The number of methoxy groups -OCH3 is 2. The van der Waals surface area contributed by atoms with Crippen LogP contribution in [0.1, 0.15) is 29.9 Å². The van der Waals surface area contributed by atoms with E-state index in [2.05, 4.69) is 35.2 Å². The van der Waals surface area contributed by atoms with Crippen molar-refractivity contribution in [3.05, 3.63) is 65.5 Å². The van der Waals surface area contributed by atoms with Crippen molar-refractivity contribution in [3.8, 4) is 23.0 Å². The van der Waals surface area contributed by atoms with Gasteiger partial charge >= 0.3 is 0 Å². The first-order valence-corrected chi connectivity index (χ1v) is 10.6. The fourth-order valence-electron chi connectivity index (χ4n) is 4.25. The molecule has 1 aliphatic rings. The van der Waals surface area contributed by atoms with Crippen LogP contribution in [0.3, 0.4) is 0 Å². The molecule has 5 nitrogen and oxygen atoms in total. The third-order valence-electron chi connectivity index (χ3n) is 5.97. The number of ether oxygens (including phenoxy) is 2. The standard InChI is InChI=1S/C25H30N2O3/c1-18-22(26-25(30-18)21-10-7-11-23(28-2)24(21)29-3)17-27-14-12-20(13-15-27)16-19-8-5-4-6-9-19/h4-11,20H,12-17H2,1-3H3. The lowest BCUT2D eigenvalue weighted by Crippen LogP contribution is -2.34. The largest absolute Gasteiger partial charge is 0.493 e. The van der Waals surface area contributed by atoms with Gasteiger partial charge in [-0.15, -0.1) is 0 Å². The van der Waals surface area contributed by atoms with Gasteiger partial charge in [0.05, 0.1) is 25.5 Å². The molecule has 0 aliphatic carbocycles. The zero-order valence-corrected chi connectivity index (χ0v) is 18.1. The van der Waals surface area contributed by atoms with Gasteiger partial charge in [0.2, 0.25) is 5.89 Å². The Hall–Kier alpha value is -2.79. The molecule has 30 heavy (non-hydrogen) atoms. The molecule has 0 amide bonds. The zero-order chi connectivity index (χ0) is 20.9. The van der Waals surface area contributed by atoms with Crippen molar-refractivity contribution in [1.82, 2.24) is 9.88 Å². The molecule has 0 atom stereocenters. The van der Waals surface area contributed by atoms with E-state index in [0.717, 1.165) is 42.6 Å². The second kappa shape index (κ2) is 9.35. The van der Waals surface area contributed by atoms with E-state index in [4.69, 9.17) is 18.9 Å². The van der Waals surface area contributed by atoms with E-state index in [1.807, 2.05) is 25.1 Å². The molecule has 0 unspecified atom stereocenters. The van der Waals surface area contributed by atoms with Crippen LogP contribution in [0, 0.1) is 12.8 Å². The van der Waals surface area contributed by atoms with Gasteiger partial charge < -0.3 is 13.9 Å². The molecule has 3 aromatic rings. The Morgan fingerprint density at radius 1 is 1.00 bits per heavy atom. The minimum absolute atomic E-state index is 0.581. The highest BCUT2D eigenvalue weighted by Crippen LogP contribution is 2.38. The Balaban J connectivity index is 1.41. The van der Waals surface area contributed by atoms with Gasteiger partial charge in [-0.25, -0.2) is 4.98 Å². The first-order chi connectivity index (χ1) is 14.7. The van der Waals surface area contributed by atoms with Crippen molar-refractivity contribution in [2.75, 3.05) is 27.3 Å². The van der Waals surface area contributed by atoms with Crippen LogP contribution in [0.15, 0.2) is 52.9 Å². The Kier molecular flexibility index (Phi) is 6.38. The minimum atomic E-state index is 0.581. The van der Waals surface area contributed by atoms with E-state index < -0.39 is 0 Å². The van der Waals surface area contributed by atoms with E-state index in [9.17, 15) is 0 Å². The second-order valence-corrected chi connectivity index (χ2v) is 7.97. The predicted octanol–water partition coefficient (Wildman–Crippen LogP) is 5.12. The van der Waals surface area contributed by atoms with Crippen LogP contribution in [-0.2, 0) is 13.0 Å². The summed E-state index contributed by atoms with van der Waals surface area (Å²) in [6.45, 7) is 5.00. The summed E-state index contributed by atoms with van der Waals surface area (Å²) in [5, 5.41) is 0. The van der Waals surface area contributed by atoms with Crippen LogP contribution in [0.5, 0.6) is 11.5 Å². The molecule has 158 valence electrons. The van der Waals surface area contributed by atoms with Crippen LogP contribution < -0.4 is 9.47 Å². The molecule has 1 fully saturated rings. The van der Waals surface area contributed by atoms with E-state index in [1.54, 1.807) is 14.2 Å². The van der Waals surface area contributed by atoms with Crippen molar-refractivity contribution < 1.29 is 13.9 Å². The van der Waals surface area contributed by atoms with Crippen molar-refractivity contribution >= 4 is 0 Å². The average Bonchev–Trinajstić information content (AvgIpc) is 3.15. The molecular formula is C25H30N2O3. The molecule has 0 N–H and O–H groups in total. The van der Waals surface area contributed by atoms with Gasteiger partial charge in [-0.05, 0) is 62.9 Å². The quantitative estimate of drug-likeness (QED) is 0.545. The maximum atomic E-state index is 6.01. The molecule has 0 saturated carbocycles. The first kappa shape index (κ1) is 20.5. The van der Waals surface area contributed by atoms with Gasteiger partial charge in [0, 0.05) is 6.54 Å². The number of piperidine rings is 1. The fraction of sp³-hybridized carbons (Fsp3) is 0.400. The summed E-state index contributed by atoms with van der Waals surface area (Å²) in [7, 11) is 3.27. The smallest absolute Gasteiger partial charge is 0.230 e. The summed E-state index contributed by atoms with van der Waals surface area (Å²) in [6, 6.07) is 16.6. The van der Waals surface area contributed by atoms with Crippen LogP contribution >= 0.6 is 0 Å². The number of aromatic nitrogens is 1. The number of para-hydroxylation sites is 1. The van der Waals surface area contributed by atoms with Crippen molar-refractivity contribution in [2.24, 2.45) is 5.92 Å². The monoisotopic (exact) mass is 406 g/mol. The molecule has 2 heterocycles. The van der Waals surface area contributed by atoms with Gasteiger partial charge in [0.1, 0.15) is 5.76 Å². The Labute approximate surface area is 178 Å². The van der Waals surface area contributed by atoms with E-state index >= 15 is 0 Å². The van der Waals surface area contributed by atoms with Crippen molar-refractivity contribution in [3.63, 3.8) is 0 Å². The lowest BCUT2D eigenvalue weighted by atomic mass is 9.90. The van der Waals surface area contributed by atoms with E-state index in [-0.39, 0.29) is 0 Å². The van der Waals surface area contributed by atoms with Gasteiger partial charge in [-0.2, -0.15) is 0 Å². The predicted molar refractivity (Wildman–Crippen MR) is 118 cm³/mol. The van der Waals surface area contributed by atoms with Crippen molar-refractivity contribution in [2.45, 2.75) is 32.7 Å². The summed E-state index contributed by atoms with van der Waals surface area (Å²) >= 11 is 0. The third kappa shape index (κ3) is 4.51. The van der Waals surface area contributed by atoms with Gasteiger partial charge in [0.25, 0.3) is 0 Å². The SMILES string of the molecule is COc1cccc(-c2nc(CN3CCC(Cc4ccccc4)CC3)c(C)o2)c1OC. The molecule has 0 radical (unpaired) electrons. The lowest BCUT2D eigenvalue weighted by Gasteiger charge is -2.31. The summed E-state index contributed by atoms with van der Waals surface area (Å²) in [6.07, 6.45) is 3.63. The van der Waals surface area contributed by atoms with Crippen LogP contribution in [0.2, 0.25) is 0 Å². The fourth-order valence-corrected chi connectivity index (χ4v) is 4.25. The summed E-state index contributed by atoms with van der Waals surface area (Å²) < 4.78 is 17.0. The van der Waals surface area contributed by atoms with Crippen LogP contribution in [0.4, 0.5) is 0 Å². The molecule has 5 heteroatoms. The molecule has 1 aromatic heterocycles. The van der Waals surface area contributed by atoms with E-state index in [1.165, 1.54) is 24.8 Å². The van der Waals surface area contributed by atoms with Gasteiger partial charge in [-0.3, -0.25) is 4.90 Å². The van der Waals surface area contributed by atoms with Crippen molar-refractivity contribution in [1.29, 1.82) is 0 Å². The molecule has 1 aliphatic heterocycles. The molecule has 0 bridgehead atoms. The highest BCUT2D eigenvalue weighted by atomic mass is 16.5. The molecule has 2 aromatic carbocycles. The first-order valence-electron chi connectivity index (χ1n) is 10.6. The summed E-state index contributed by atoms with van der Waals surface area (Å²) in [4.78, 5) is 7.29. The Morgan fingerprint density at radius 3 is 2.47 bits per heavy atom. The molecule has 0 spiro atoms. The molecule has 1 saturated heterocycles. The number of hydrogen-bond donors (Lipinski definition) is 0. The number of oxazole rings is 1. The third-order valence-corrected chi connectivity index (χ3v) is 5.97. The van der Waals surface area contributed by atoms with Gasteiger partial charge in [-0.1, -0.05) is 36.4 Å². The summed E-state index contributed by atoms with van der Waals surface area (Å²) in [5.74, 6) is 3.53. The zero-order valence-electron chi connectivity index (χ0n) is 18.1. The highest BCUT2D eigenvalue weighted by Gasteiger charge is 2.23. The number of hydrogen-bond acceptors (Lipinski definition) is 5. The number of nitrogens with zero attached hydrogens (tertiary/aromatic N) is 2. The Morgan fingerprint density at radius 2 is 1.77 bits per heavy atom. The number of rotatable bonds is 7. The van der Waals surface area contributed by atoms with Crippen LogP contribution in [0.25, 0.3) is 11.5 Å². The minimum Gasteiger partial charge on any atom is -0.493 e. The molecular weight excluding hydrogens is 376 g/mol. The normalized spacial score (nSPS) is 15.3. The van der Waals surface area contributed by atoms with Gasteiger partial charge in [0.15, 0.2) is 11.5 Å². The number of benzene rings is 2. The number of likely N-dealkylation sites (tertiary alicyclic amines) is 1. The topological polar surface area (TPSA) is 47.7 Å². The average molecular weight is 407 g/mol.